The fourth-order valence-corrected chi connectivity index (χ4v) is 3.17. The van der Waals surface area contributed by atoms with E-state index in [-0.39, 0.29) is 0 Å². The molecule has 0 aliphatic carbocycles. The van der Waals surface area contributed by atoms with Gasteiger partial charge in [-0.15, -0.1) is 0 Å². The van der Waals surface area contributed by atoms with E-state index < -0.39 is 5.97 Å². The molecule has 0 unspecified atom stereocenters. The van der Waals surface area contributed by atoms with Crippen LogP contribution >= 0.6 is 0 Å². The molecule has 0 radical (unpaired) electrons. The number of aromatic nitrogens is 3. The number of ether oxygens (including phenoxy) is 2. The Kier molecular flexibility index (Phi) is 4.09. The van der Waals surface area contributed by atoms with Crippen molar-refractivity contribution in [1.29, 1.82) is 0 Å². The normalized spacial score (nSPS) is 16.3. The van der Waals surface area contributed by atoms with Gasteiger partial charge in [-0.05, 0) is 25.3 Å². The van der Waals surface area contributed by atoms with Gasteiger partial charge in [0, 0.05) is 5.92 Å². The highest BCUT2D eigenvalue weighted by Gasteiger charge is 2.24. The molecule has 0 N–H and O–H groups in total. The van der Waals surface area contributed by atoms with Crippen LogP contribution in [0.2, 0.25) is 0 Å². The van der Waals surface area contributed by atoms with E-state index in [9.17, 15) is 4.79 Å². The third-order valence-corrected chi connectivity index (χ3v) is 4.35. The first-order valence-corrected chi connectivity index (χ1v) is 8.45. The fraction of sp³-hybridized carbons (Fsp3) is 0.316. The summed E-state index contributed by atoms with van der Waals surface area (Å²) in [6, 6.07) is 10.4. The van der Waals surface area contributed by atoms with Crippen molar-refractivity contribution in [2.24, 2.45) is 5.92 Å². The molecule has 6 nitrogen and oxygen atoms in total. The predicted octanol–water partition coefficient (Wildman–Crippen LogP) is 2.70. The highest BCUT2D eigenvalue weighted by molar-refractivity contribution is 5.95. The monoisotopic (exact) mass is 337 g/mol. The molecule has 0 bridgehead atoms. The van der Waals surface area contributed by atoms with Crippen molar-refractivity contribution in [2.75, 3.05) is 13.2 Å². The average Bonchev–Trinajstić information content (AvgIpc) is 3.04. The molecule has 6 heteroatoms. The van der Waals surface area contributed by atoms with E-state index in [1.165, 1.54) is 11.8 Å². The summed E-state index contributed by atoms with van der Waals surface area (Å²) in [7, 11) is 0. The summed E-state index contributed by atoms with van der Waals surface area (Å²) in [5.41, 5.74) is 3.05. The molecule has 128 valence electrons. The number of rotatable bonds is 4. The van der Waals surface area contributed by atoms with Crippen molar-refractivity contribution in [1.82, 2.24) is 14.6 Å². The molecule has 0 fully saturated rings. The second kappa shape index (κ2) is 6.55. The Morgan fingerprint density at radius 1 is 1.36 bits per heavy atom. The lowest BCUT2D eigenvalue weighted by atomic mass is 9.93. The Labute approximate surface area is 145 Å². The maximum absolute atomic E-state index is 12.0. The molecule has 3 aromatic rings. The molecule has 0 saturated carbocycles. The number of carbonyl (C=O) groups excluding carboxylic acids is 1. The minimum atomic E-state index is -0.400. The van der Waals surface area contributed by atoms with Crippen molar-refractivity contribution >= 4 is 11.6 Å². The van der Waals surface area contributed by atoms with Crippen LogP contribution in [-0.4, -0.2) is 33.8 Å². The van der Waals surface area contributed by atoms with Crippen LogP contribution < -0.4 is 4.74 Å². The number of carbonyl (C=O) groups is 1. The Morgan fingerprint density at radius 3 is 3.00 bits per heavy atom. The largest absolute Gasteiger partial charge is 0.490 e. The van der Waals surface area contributed by atoms with Gasteiger partial charge in [0.2, 0.25) is 0 Å². The average molecular weight is 337 g/mol. The molecular formula is C19H19N3O3. The molecular weight excluding hydrogens is 318 g/mol. The summed E-state index contributed by atoms with van der Waals surface area (Å²) in [4.78, 5) is 16.7. The van der Waals surface area contributed by atoms with Crippen LogP contribution in [0.25, 0.3) is 5.65 Å². The van der Waals surface area contributed by atoms with Gasteiger partial charge in [0.1, 0.15) is 5.56 Å². The fourth-order valence-electron chi connectivity index (χ4n) is 3.17. The lowest BCUT2D eigenvalue weighted by Gasteiger charge is -2.24. The Bertz CT molecular complexity index is 905. The molecule has 1 atom stereocenters. The molecule has 25 heavy (non-hydrogen) atoms. The number of esters is 1. The molecule has 2 aromatic heterocycles. The molecule has 4 rings (SSSR count). The number of fused-ring (bicyclic) bond motifs is 2. The summed E-state index contributed by atoms with van der Waals surface area (Å²) in [6.45, 7) is 2.76. The minimum absolute atomic E-state index is 0.323. The Hall–Kier alpha value is -2.89. The first kappa shape index (κ1) is 15.6. The van der Waals surface area contributed by atoms with E-state index in [4.69, 9.17) is 9.47 Å². The van der Waals surface area contributed by atoms with Crippen molar-refractivity contribution in [2.45, 2.75) is 19.8 Å². The van der Waals surface area contributed by atoms with Crippen molar-refractivity contribution in [3.63, 3.8) is 0 Å². The van der Waals surface area contributed by atoms with Crippen LogP contribution in [0.5, 0.6) is 5.75 Å². The quantitative estimate of drug-likeness (QED) is 0.685. The molecule has 1 aliphatic rings. The zero-order valence-electron chi connectivity index (χ0n) is 14.0. The number of hydrogen-bond donors (Lipinski definition) is 0. The summed E-state index contributed by atoms with van der Waals surface area (Å²) >= 11 is 0. The van der Waals surface area contributed by atoms with E-state index >= 15 is 0 Å². The van der Waals surface area contributed by atoms with Crippen LogP contribution in [0.3, 0.4) is 0 Å². The third-order valence-electron chi connectivity index (χ3n) is 4.35. The number of nitrogens with zero attached hydrogens (tertiary/aromatic N) is 3. The third kappa shape index (κ3) is 3.07. The van der Waals surface area contributed by atoms with Crippen LogP contribution in [-0.2, 0) is 17.6 Å². The standard InChI is InChI=1S/C19H19N3O3/c1-2-24-19(23)15-10-20-22-11-17-16(21-18(15)22)9-14(12-25-17)8-13-6-4-3-5-7-13/h3-7,10-11,14H,2,8-9,12H2,1H3/t14-/m0/s1. The van der Waals surface area contributed by atoms with Crippen LogP contribution in [0.1, 0.15) is 28.5 Å². The van der Waals surface area contributed by atoms with E-state index in [1.54, 1.807) is 17.6 Å². The molecule has 0 saturated heterocycles. The Morgan fingerprint density at radius 2 is 2.20 bits per heavy atom. The SMILES string of the molecule is CCOC(=O)c1cnn2cc3c(nc12)C[C@H](Cc1ccccc1)CO3. The maximum atomic E-state index is 12.0. The van der Waals surface area contributed by atoms with E-state index in [0.717, 1.165) is 24.3 Å². The second-order valence-corrected chi connectivity index (χ2v) is 6.17. The van der Waals surface area contributed by atoms with Gasteiger partial charge in [0.15, 0.2) is 11.4 Å². The van der Waals surface area contributed by atoms with Gasteiger partial charge in [0.05, 0.1) is 31.3 Å². The minimum Gasteiger partial charge on any atom is -0.490 e. The molecule has 0 amide bonds. The molecule has 3 heterocycles. The van der Waals surface area contributed by atoms with Crippen molar-refractivity contribution in [3.05, 3.63) is 59.5 Å². The Balaban J connectivity index is 1.61. The predicted molar refractivity (Wildman–Crippen MR) is 91.8 cm³/mol. The number of hydrogen-bond acceptors (Lipinski definition) is 5. The molecule has 1 aliphatic heterocycles. The van der Waals surface area contributed by atoms with Gasteiger partial charge in [-0.2, -0.15) is 5.10 Å². The van der Waals surface area contributed by atoms with E-state index in [1.807, 2.05) is 18.2 Å². The van der Waals surface area contributed by atoms with Gasteiger partial charge in [-0.3, -0.25) is 0 Å². The second-order valence-electron chi connectivity index (χ2n) is 6.17. The first-order valence-electron chi connectivity index (χ1n) is 8.45. The molecule has 0 spiro atoms. The number of benzene rings is 1. The maximum Gasteiger partial charge on any atom is 0.343 e. The summed E-state index contributed by atoms with van der Waals surface area (Å²) in [5, 5.41) is 4.19. The van der Waals surface area contributed by atoms with Crippen molar-refractivity contribution < 1.29 is 14.3 Å². The van der Waals surface area contributed by atoms with Gasteiger partial charge < -0.3 is 9.47 Å². The van der Waals surface area contributed by atoms with Gasteiger partial charge in [0.25, 0.3) is 0 Å². The highest BCUT2D eigenvalue weighted by Crippen LogP contribution is 2.28. The van der Waals surface area contributed by atoms with Crippen LogP contribution in [0, 0.1) is 5.92 Å². The van der Waals surface area contributed by atoms with Gasteiger partial charge >= 0.3 is 5.97 Å². The lowest BCUT2D eigenvalue weighted by Crippen LogP contribution is -2.24. The highest BCUT2D eigenvalue weighted by atomic mass is 16.5. The van der Waals surface area contributed by atoms with E-state index in [0.29, 0.717) is 30.3 Å². The topological polar surface area (TPSA) is 65.7 Å². The van der Waals surface area contributed by atoms with Gasteiger partial charge in [-0.25, -0.2) is 14.3 Å². The van der Waals surface area contributed by atoms with Crippen molar-refractivity contribution in [3.8, 4) is 5.75 Å². The zero-order chi connectivity index (χ0) is 17.2. The smallest absolute Gasteiger partial charge is 0.343 e. The molecule has 1 aromatic carbocycles. The zero-order valence-corrected chi connectivity index (χ0v) is 14.0. The first-order chi connectivity index (χ1) is 12.2. The summed E-state index contributed by atoms with van der Waals surface area (Å²) < 4.78 is 12.5. The lowest BCUT2D eigenvalue weighted by molar-refractivity contribution is 0.0528. The summed E-state index contributed by atoms with van der Waals surface area (Å²) in [6.07, 6.45) is 5.04. The van der Waals surface area contributed by atoms with E-state index in [2.05, 4.69) is 22.2 Å². The van der Waals surface area contributed by atoms with Gasteiger partial charge in [-0.1, -0.05) is 30.3 Å². The van der Waals surface area contributed by atoms with Crippen LogP contribution in [0.15, 0.2) is 42.7 Å². The summed E-state index contributed by atoms with van der Waals surface area (Å²) in [5.74, 6) is 0.691. The van der Waals surface area contributed by atoms with Crippen LogP contribution in [0.4, 0.5) is 0 Å².